The van der Waals surface area contributed by atoms with E-state index in [0.717, 1.165) is 19.4 Å². The van der Waals surface area contributed by atoms with Crippen molar-refractivity contribution in [2.45, 2.75) is 31.7 Å². The van der Waals surface area contributed by atoms with Crippen LogP contribution in [0.2, 0.25) is 0 Å². The third-order valence-corrected chi connectivity index (χ3v) is 3.24. The van der Waals surface area contributed by atoms with Crippen molar-refractivity contribution in [1.82, 2.24) is 5.32 Å². The van der Waals surface area contributed by atoms with E-state index < -0.39 is 5.82 Å². The molecule has 0 bridgehead atoms. The first-order valence-corrected chi connectivity index (χ1v) is 5.99. The normalized spacial score (nSPS) is 20.2. The van der Waals surface area contributed by atoms with Crippen molar-refractivity contribution in [1.29, 1.82) is 0 Å². The summed E-state index contributed by atoms with van der Waals surface area (Å²) < 4.78 is 18.7. The van der Waals surface area contributed by atoms with E-state index in [1.807, 2.05) is 0 Å². The van der Waals surface area contributed by atoms with Gasteiger partial charge in [0.05, 0.1) is 7.11 Å². The summed E-state index contributed by atoms with van der Waals surface area (Å²) in [6.45, 7) is 0.975. The van der Waals surface area contributed by atoms with Crippen LogP contribution in [0.3, 0.4) is 0 Å². The number of aromatic hydroxyl groups is 1. The first-order chi connectivity index (χ1) is 8.20. The van der Waals surface area contributed by atoms with E-state index in [0.29, 0.717) is 17.7 Å². The largest absolute Gasteiger partial charge is 0.507 e. The maximum absolute atomic E-state index is 13.8. The molecule has 0 aliphatic carbocycles. The van der Waals surface area contributed by atoms with Gasteiger partial charge >= 0.3 is 0 Å². The minimum Gasteiger partial charge on any atom is -0.507 e. The van der Waals surface area contributed by atoms with Crippen LogP contribution in [0.4, 0.5) is 4.39 Å². The number of phenolic OH excluding ortho intramolecular Hbond substituents is 1. The fourth-order valence-electron chi connectivity index (χ4n) is 2.26. The molecule has 1 aromatic carbocycles. The van der Waals surface area contributed by atoms with E-state index in [1.54, 1.807) is 0 Å². The van der Waals surface area contributed by atoms with Gasteiger partial charge in [-0.3, -0.25) is 0 Å². The number of ether oxygens (including phenoxy) is 1. The Morgan fingerprint density at radius 3 is 2.88 bits per heavy atom. The SMILES string of the molecule is COc1cc(O)c(CC2CCCCN2)c(F)c1. The van der Waals surface area contributed by atoms with Gasteiger partial charge in [-0.25, -0.2) is 4.39 Å². The molecule has 4 heteroatoms. The predicted molar refractivity (Wildman–Crippen MR) is 64.0 cm³/mol. The molecule has 1 heterocycles. The summed E-state index contributed by atoms with van der Waals surface area (Å²) in [6.07, 6.45) is 3.90. The van der Waals surface area contributed by atoms with E-state index in [-0.39, 0.29) is 11.8 Å². The van der Waals surface area contributed by atoms with Crippen LogP contribution in [0.25, 0.3) is 0 Å². The fraction of sp³-hybridized carbons (Fsp3) is 0.538. The van der Waals surface area contributed by atoms with Crippen molar-refractivity contribution >= 4 is 0 Å². The van der Waals surface area contributed by atoms with Crippen LogP contribution in [-0.4, -0.2) is 24.8 Å². The van der Waals surface area contributed by atoms with Crippen molar-refractivity contribution < 1.29 is 14.2 Å². The molecule has 0 aromatic heterocycles. The van der Waals surface area contributed by atoms with Crippen molar-refractivity contribution in [2.24, 2.45) is 0 Å². The smallest absolute Gasteiger partial charge is 0.133 e. The summed E-state index contributed by atoms with van der Waals surface area (Å²) in [5, 5.41) is 13.1. The van der Waals surface area contributed by atoms with Gasteiger partial charge in [0.1, 0.15) is 17.3 Å². The van der Waals surface area contributed by atoms with E-state index in [2.05, 4.69) is 5.32 Å². The van der Waals surface area contributed by atoms with Crippen LogP contribution in [-0.2, 0) is 6.42 Å². The van der Waals surface area contributed by atoms with Crippen LogP contribution < -0.4 is 10.1 Å². The molecule has 3 nitrogen and oxygen atoms in total. The lowest BCUT2D eigenvalue weighted by Gasteiger charge is -2.24. The van der Waals surface area contributed by atoms with Gasteiger partial charge in [0.2, 0.25) is 0 Å². The molecule has 0 amide bonds. The second-order valence-electron chi connectivity index (χ2n) is 4.46. The zero-order valence-corrected chi connectivity index (χ0v) is 10.0. The summed E-state index contributed by atoms with van der Waals surface area (Å²) >= 11 is 0. The topological polar surface area (TPSA) is 41.5 Å². The molecule has 1 aliphatic rings. The van der Waals surface area contributed by atoms with Gasteiger partial charge in [0.25, 0.3) is 0 Å². The summed E-state index contributed by atoms with van der Waals surface area (Å²) in [5.41, 5.74) is 0.380. The number of hydrogen-bond donors (Lipinski definition) is 2. The average Bonchev–Trinajstić information content (AvgIpc) is 2.35. The quantitative estimate of drug-likeness (QED) is 0.850. The Labute approximate surface area is 101 Å². The first kappa shape index (κ1) is 12.2. The third kappa shape index (κ3) is 2.88. The molecule has 1 atom stereocenters. The standard InChI is InChI=1S/C13H18FNO2/c1-17-10-7-12(14)11(13(16)8-10)6-9-4-2-3-5-15-9/h7-9,15-16H,2-6H2,1H3. The lowest BCUT2D eigenvalue weighted by Crippen LogP contribution is -2.35. The van der Waals surface area contributed by atoms with Crippen LogP contribution in [0.1, 0.15) is 24.8 Å². The fourth-order valence-corrected chi connectivity index (χ4v) is 2.26. The highest BCUT2D eigenvalue weighted by Crippen LogP contribution is 2.28. The van der Waals surface area contributed by atoms with Gasteiger partial charge in [-0.15, -0.1) is 0 Å². The highest BCUT2D eigenvalue weighted by molar-refractivity contribution is 5.41. The number of benzene rings is 1. The molecular formula is C13H18FNO2. The Bertz CT molecular complexity index is 366. The van der Waals surface area contributed by atoms with E-state index in [4.69, 9.17) is 4.74 Å². The highest BCUT2D eigenvalue weighted by Gasteiger charge is 2.18. The summed E-state index contributed by atoms with van der Waals surface area (Å²) in [6, 6.07) is 3.04. The van der Waals surface area contributed by atoms with Crippen molar-refractivity contribution in [3.05, 3.63) is 23.5 Å². The predicted octanol–water partition coefficient (Wildman–Crippen LogP) is 2.22. The Balaban J connectivity index is 2.14. The van der Waals surface area contributed by atoms with Gasteiger partial charge in [0, 0.05) is 23.7 Å². The third-order valence-electron chi connectivity index (χ3n) is 3.24. The second kappa shape index (κ2) is 5.36. The second-order valence-corrected chi connectivity index (χ2v) is 4.46. The Morgan fingerprint density at radius 2 is 2.29 bits per heavy atom. The van der Waals surface area contributed by atoms with Crippen molar-refractivity contribution in [2.75, 3.05) is 13.7 Å². The summed E-state index contributed by atoms with van der Waals surface area (Å²) in [4.78, 5) is 0. The average molecular weight is 239 g/mol. The van der Waals surface area contributed by atoms with Crippen molar-refractivity contribution in [3.63, 3.8) is 0 Å². The molecule has 0 spiro atoms. The molecule has 1 saturated heterocycles. The first-order valence-electron chi connectivity index (χ1n) is 5.99. The van der Waals surface area contributed by atoms with E-state index >= 15 is 0 Å². The zero-order valence-electron chi connectivity index (χ0n) is 10.0. The molecule has 1 unspecified atom stereocenters. The number of nitrogens with one attached hydrogen (secondary N) is 1. The molecule has 0 radical (unpaired) electrons. The van der Waals surface area contributed by atoms with Crippen LogP contribution >= 0.6 is 0 Å². The van der Waals surface area contributed by atoms with Crippen LogP contribution in [0.15, 0.2) is 12.1 Å². The Kier molecular flexibility index (Phi) is 3.84. The van der Waals surface area contributed by atoms with Crippen LogP contribution in [0, 0.1) is 5.82 Å². The molecule has 2 rings (SSSR count). The Morgan fingerprint density at radius 1 is 1.47 bits per heavy atom. The number of phenols is 1. The van der Waals surface area contributed by atoms with Crippen LogP contribution in [0.5, 0.6) is 11.5 Å². The van der Waals surface area contributed by atoms with Crippen molar-refractivity contribution in [3.8, 4) is 11.5 Å². The van der Waals surface area contributed by atoms with Gasteiger partial charge in [-0.1, -0.05) is 6.42 Å². The summed E-state index contributed by atoms with van der Waals surface area (Å²) in [7, 11) is 1.45. The van der Waals surface area contributed by atoms with Gasteiger partial charge in [-0.05, 0) is 25.8 Å². The molecule has 2 N–H and O–H groups in total. The number of halogens is 1. The Hall–Kier alpha value is -1.29. The minimum absolute atomic E-state index is 0.0192. The molecular weight excluding hydrogens is 221 g/mol. The van der Waals surface area contributed by atoms with E-state index in [9.17, 15) is 9.50 Å². The van der Waals surface area contributed by atoms with Gasteiger partial charge in [0.15, 0.2) is 0 Å². The lowest BCUT2D eigenvalue weighted by molar-refractivity contribution is 0.378. The minimum atomic E-state index is -0.394. The molecule has 94 valence electrons. The number of rotatable bonds is 3. The number of hydrogen-bond acceptors (Lipinski definition) is 3. The zero-order chi connectivity index (χ0) is 12.3. The number of methoxy groups -OCH3 is 1. The van der Waals surface area contributed by atoms with Gasteiger partial charge < -0.3 is 15.2 Å². The summed E-state index contributed by atoms with van der Waals surface area (Å²) in [5.74, 6) is -0.0659. The monoisotopic (exact) mass is 239 g/mol. The van der Waals surface area contributed by atoms with Gasteiger partial charge in [-0.2, -0.15) is 0 Å². The molecule has 17 heavy (non-hydrogen) atoms. The molecule has 0 saturated carbocycles. The molecule has 1 aliphatic heterocycles. The maximum atomic E-state index is 13.8. The lowest BCUT2D eigenvalue weighted by atomic mass is 9.97. The van der Waals surface area contributed by atoms with E-state index in [1.165, 1.54) is 25.7 Å². The number of piperidine rings is 1. The highest BCUT2D eigenvalue weighted by atomic mass is 19.1. The molecule has 1 aromatic rings. The maximum Gasteiger partial charge on any atom is 0.133 e. The molecule has 1 fully saturated rings.